The molecule has 0 aromatic heterocycles. The van der Waals surface area contributed by atoms with Gasteiger partial charge in [0.2, 0.25) is 5.91 Å². The van der Waals surface area contributed by atoms with E-state index in [0.717, 1.165) is 5.92 Å². The molecular formula is C12H24N2O. The van der Waals surface area contributed by atoms with E-state index in [-0.39, 0.29) is 11.9 Å². The van der Waals surface area contributed by atoms with Gasteiger partial charge in [-0.2, -0.15) is 0 Å². The van der Waals surface area contributed by atoms with Gasteiger partial charge in [-0.15, -0.1) is 0 Å². The first-order valence-corrected chi connectivity index (χ1v) is 5.98. The zero-order valence-corrected chi connectivity index (χ0v) is 10.4. The second kappa shape index (κ2) is 5.50. The lowest BCUT2D eigenvalue weighted by atomic mass is 9.81. The number of carbonyl (C=O) groups is 1. The van der Waals surface area contributed by atoms with Crippen molar-refractivity contribution in [3.8, 4) is 0 Å². The predicted molar refractivity (Wildman–Crippen MR) is 62.7 cm³/mol. The third kappa shape index (κ3) is 3.82. The van der Waals surface area contributed by atoms with E-state index in [9.17, 15) is 4.79 Å². The van der Waals surface area contributed by atoms with Crippen LogP contribution in [0.15, 0.2) is 0 Å². The standard InChI is InChI=1S/C12H24N2O/c1-9(8-11-6-5-7-11)13-10(2)12(15)14(3)4/h9-11,13H,5-8H2,1-4H3. The van der Waals surface area contributed by atoms with E-state index < -0.39 is 0 Å². The molecule has 0 aromatic rings. The molecule has 0 bridgehead atoms. The minimum absolute atomic E-state index is 0.0601. The fourth-order valence-corrected chi connectivity index (χ4v) is 2.18. The predicted octanol–water partition coefficient (Wildman–Crippen LogP) is 1.63. The lowest BCUT2D eigenvalue weighted by Gasteiger charge is -2.30. The highest BCUT2D eigenvalue weighted by molar-refractivity contribution is 5.80. The van der Waals surface area contributed by atoms with Crippen LogP contribution in [0.2, 0.25) is 0 Å². The summed E-state index contributed by atoms with van der Waals surface area (Å²) in [5, 5.41) is 3.37. The molecule has 1 amide bonds. The van der Waals surface area contributed by atoms with Crippen molar-refractivity contribution in [2.45, 2.75) is 51.6 Å². The molecule has 0 aliphatic heterocycles. The molecule has 1 saturated carbocycles. The SMILES string of the molecule is CC(CC1CCC1)NC(C)C(=O)N(C)C. The Morgan fingerprint density at radius 1 is 1.40 bits per heavy atom. The zero-order chi connectivity index (χ0) is 11.4. The summed E-state index contributed by atoms with van der Waals surface area (Å²) in [6.45, 7) is 4.12. The van der Waals surface area contributed by atoms with Crippen LogP contribution in [0.3, 0.4) is 0 Å². The van der Waals surface area contributed by atoms with Gasteiger partial charge in [0, 0.05) is 20.1 Å². The van der Waals surface area contributed by atoms with Crippen molar-refractivity contribution in [3.63, 3.8) is 0 Å². The van der Waals surface area contributed by atoms with Gasteiger partial charge in [0.25, 0.3) is 0 Å². The van der Waals surface area contributed by atoms with Crippen LogP contribution in [0, 0.1) is 5.92 Å². The van der Waals surface area contributed by atoms with Gasteiger partial charge in [-0.1, -0.05) is 19.3 Å². The molecule has 1 aliphatic rings. The van der Waals surface area contributed by atoms with Gasteiger partial charge in [0.1, 0.15) is 0 Å². The van der Waals surface area contributed by atoms with Crippen LogP contribution >= 0.6 is 0 Å². The molecule has 3 heteroatoms. The maximum atomic E-state index is 11.6. The van der Waals surface area contributed by atoms with Crippen LogP contribution in [0.1, 0.15) is 39.5 Å². The van der Waals surface area contributed by atoms with Gasteiger partial charge < -0.3 is 10.2 Å². The van der Waals surface area contributed by atoms with Gasteiger partial charge in [0.05, 0.1) is 6.04 Å². The monoisotopic (exact) mass is 212 g/mol. The Balaban J connectivity index is 2.23. The Bertz CT molecular complexity index is 212. The normalized spacial score (nSPS) is 20.5. The molecule has 1 N–H and O–H groups in total. The highest BCUT2D eigenvalue weighted by Gasteiger charge is 2.22. The van der Waals surface area contributed by atoms with Crippen molar-refractivity contribution in [1.29, 1.82) is 0 Å². The molecule has 0 radical (unpaired) electrons. The van der Waals surface area contributed by atoms with Crippen LogP contribution < -0.4 is 5.32 Å². The van der Waals surface area contributed by atoms with E-state index in [4.69, 9.17) is 0 Å². The van der Waals surface area contributed by atoms with Crippen molar-refractivity contribution in [1.82, 2.24) is 10.2 Å². The number of nitrogens with zero attached hydrogens (tertiary/aromatic N) is 1. The summed E-state index contributed by atoms with van der Waals surface area (Å²) in [5.74, 6) is 1.06. The van der Waals surface area contributed by atoms with E-state index in [1.807, 2.05) is 6.92 Å². The number of carbonyl (C=O) groups excluding carboxylic acids is 1. The number of amides is 1. The number of rotatable bonds is 5. The number of nitrogens with one attached hydrogen (secondary N) is 1. The molecule has 3 nitrogen and oxygen atoms in total. The van der Waals surface area contributed by atoms with E-state index >= 15 is 0 Å². The molecule has 0 aromatic carbocycles. The van der Waals surface area contributed by atoms with E-state index in [1.54, 1.807) is 19.0 Å². The van der Waals surface area contributed by atoms with Crippen LogP contribution in [-0.4, -0.2) is 37.0 Å². The first kappa shape index (κ1) is 12.5. The number of hydrogen-bond acceptors (Lipinski definition) is 2. The summed E-state index contributed by atoms with van der Waals surface area (Å²) in [6, 6.07) is 0.393. The average molecular weight is 212 g/mol. The Labute approximate surface area is 93.2 Å². The Hall–Kier alpha value is -0.570. The molecule has 88 valence electrons. The van der Waals surface area contributed by atoms with Crippen molar-refractivity contribution < 1.29 is 4.79 Å². The van der Waals surface area contributed by atoms with Crippen LogP contribution in [0.4, 0.5) is 0 Å². The zero-order valence-electron chi connectivity index (χ0n) is 10.4. The summed E-state index contributed by atoms with van der Waals surface area (Å²) in [4.78, 5) is 13.3. The van der Waals surface area contributed by atoms with Crippen LogP contribution in [0.5, 0.6) is 0 Å². The Morgan fingerprint density at radius 3 is 2.40 bits per heavy atom. The second-order valence-electron chi connectivity index (χ2n) is 5.05. The van der Waals surface area contributed by atoms with Crippen molar-refractivity contribution in [3.05, 3.63) is 0 Å². The van der Waals surface area contributed by atoms with Gasteiger partial charge in [-0.3, -0.25) is 4.79 Å². The maximum Gasteiger partial charge on any atom is 0.238 e. The van der Waals surface area contributed by atoms with Crippen molar-refractivity contribution in [2.75, 3.05) is 14.1 Å². The number of hydrogen-bond donors (Lipinski definition) is 1. The summed E-state index contributed by atoms with van der Waals surface area (Å²) >= 11 is 0. The van der Waals surface area contributed by atoms with Crippen LogP contribution in [-0.2, 0) is 4.79 Å². The van der Waals surface area contributed by atoms with Gasteiger partial charge in [-0.05, 0) is 26.2 Å². The first-order valence-electron chi connectivity index (χ1n) is 5.98. The first-order chi connectivity index (χ1) is 7.00. The minimum atomic E-state index is -0.0601. The summed E-state index contributed by atoms with van der Waals surface area (Å²) in [5.41, 5.74) is 0. The topological polar surface area (TPSA) is 32.3 Å². The van der Waals surface area contributed by atoms with Crippen molar-refractivity contribution >= 4 is 5.91 Å². The smallest absolute Gasteiger partial charge is 0.238 e. The molecular weight excluding hydrogens is 188 g/mol. The van der Waals surface area contributed by atoms with Crippen molar-refractivity contribution in [2.24, 2.45) is 5.92 Å². The molecule has 0 saturated heterocycles. The largest absolute Gasteiger partial charge is 0.347 e. The Morgan fingerprint density at radius 2 is 2.00 bits per heavy atom. The molecule has 1 fully saturated rings. The van der Waals surface area contributed by atoms with Crippen LogP contribution in [0.25, 0.3) is 0 Å². The van der Waals surface area contributed by atoms with E-state index in [1.165, 1.54) is 25.7 Å². The highest BCUT2D eigenvalue weighted by atomic mass is 16.2. The van der Waals surface area contributed by atoms with E-state index in [0.29, 0.717) is 6.04 Å². The molecule has 2 atom stereocenters. The van der Waals surface area contributed by atoms with Gasteiger partial charge in [-0.25, -0.2) is 0 Å². The third-order valence-corrected chi connectivity index (χ3v) is 3.26. The quantitative estimate of drug-likeness (QED) is 0.751. The van der Waals surface area contributed by atoms with Gasteiger partial charge in [0.15, 0.2) is 0 Å². The lowest BCUT2D eigenvalue weighted by molar-refractivity contribution is -0.130. The maximum absolute atomic E-state index is 11.6. The molecule has 1 rings (SSSR count). The Kier molecular flexibility index (Phi) is 4.58. The summed E-state index contributed by atoms with van der Waals surface area (Å²) in [7, 11) is 3.61. The fourth-order valence-electron chi connectivity index (χ4n) is 2.18. The highest BCUT2D eigenvalue weighted by Crippen LogP contribution is 2.30. The average Bonchev–Trinajstić information content (AvgIpc) is 2.09. The second-order valence-corrected chi connectivity index (χ2v) is 5.05. The molecule has 2 unspecified atom stereocenters. The summed E-state index contributed by atoms with van der Waals surface area (Å²) < 4.78 is 0. The van der Waals surface area contributed by atoms with E-state index in [2.05, 4.69) is 12.2 Å². The number of likely N-dealkylation sites (N-methyl/N-ethyl adjacent to an activating group) is 1. The molecule has 0 spiro atoms. The molecule has 1 aliphatic carbocycles. The lowest BCUT2D eigenvalue weighted by Crippen LogP contribution is -2.45. The summed E-state index contributed by atoms with van der Waals surface area (Å²) in [6.07, 6.45) is 5.36. The third-order valence-electron chi connectivity index (χ3n) is 3.26. The molecule has 0 heterocycles. The molecule has 15 heavy (non-hydrogen) atoms. The fraction of sp³-hybridized carbons (Fsp3) is 0.917. The van der Waals surface area contributed by atoms with Gasteiger partial charge >= 0.3 is 0 Å². The minimum Gasteiger partial charge on any atom is -0.347 e.